The topological polar surface area (TPSA) is 50.6 Å². The largest absolute Gasteiger partial charge is 0.443 e. The minimum atomic E-state index is -0.516. The zero-order valence-corrected chi connectivity index (χ0v) is 17.9. The number of fused-ring (bicyclic) bond motifs is 1. The number of aromatic nitrogens is 2. The van der Waals surface area contributed by atoms with E-state index in [0.717, 1.165) is 41.7 Å². The van der Waals surface area contributed by atoms with Crippen LogP contribution in [0.2, 0.25) is 0 Å². The van der Waals surface area contributed by atoms with E-state index in [1.807, 2.05) is 25.5 Å². The lowest BCUT2D eigenvalue weighted by atomic mass is 9.98. The maximum Gasteiger partial charge on any atom is 0.414 e. The number of ether oxygens (including phenoxy) is 1. The van der Waals surface area contributed by atoms with Crippen molar-refractivity contribution < 1.29 is 9.53 Å². The molecule has 152 valence electrons. The van der Waals surface area contributed by atoms with Crippen molar-refractivity contribution in [3.05, 3.63) is 36.0 Å². The Morgan fingerprint density at radius 3 is 2.75 bits per heavy atom. The van der Waals surface area contributed by atoms with Gasteiger partial charge in [-0.05, 0) is 53.3 Å². The van der Waals surface area contributed by atoms with Crippen LogP contribution in [0.1, 0.15) is 39.7 Å². The van der Waals surface area contributed by atoms with Crippen molar-refractivity contribution in [2.24, 2.45) is 5.92 Å². The number of hydrogen-bond acceptors (Lipinski definition) is 4. The number of carbonyl (C=O) groups excluding carboxylic acids is 1. The molecular weight excluding hydrogens is 352 g/mol. The third-order valence-electron chi connectivity index (χ3n) is 4.74. The van der Waals surface area contributed by atoms with Crippen LogP contribution in [0.4, 0.5) is 4.79 Å². The van der Waals surface area contributed by atoms with Crippen LogP contribution >= 0.6 is 0 Å². The van der Waals surface area contributed by atoms with E-state index in [2.05, 4.69) is 56.4 Å². The van der Waals surface area contributed by atoms with Gasteiger partial charge in [-0.3, -0.25) is 9.58 Å². The van der Waals surface area contributed by atoms with Crippen LogP contribution in [-0.4, -0.2) is 58.5 Å². The molecule has 1 aromatic carbocycles. The Balaban J connectivity index is 1.88. The Labute approximate surface area is 167 Å². The van der Waals surface area contributed by atoms with Crippen LogP contribution < -0.4 is 0 Å². The van der Waals surface area contributed by atoms with Gasteiger partial charge in [0.15, 0.2) is 0 Å². The van der Waals surface area contributed by atoms with Crippen LogP contribution in [0.25, 0.3) is 16.6 Å². The monoisotopic (exact) mass is 384 g/mol. The molecule has 0 N–H and O–H groups in total. The second-order valence-corrected chi connectivity index (χ2v) is 8.99. The van der Waals surface area contributed by atoms with Crippen molar-refractivity contribution in [3.63, 3.8) is 0 Å². The standard InChI is InChI=1S/C22H32N4O2/c1-16-7-10-20(26(14-16)21(27)28-22(2,3)4)17-8-9-18-15-25(12-11-24(5)6)23-19(18)13-17/h8-10,13,15-16H,7,11-12,14H2,1-6H3/t16-/m0/s1. The second kappa shape index (κ2) is 7.95. The van der Waals surface area contributed by atoms with Crippen LogP contribution in [0.5, 0.6) is 0 Å². The molecule has 1 aliphatic heterocycles. The lowest BCUT2D eigenvalue weighted by molar-refractivity contribution is 0.0327. The molecule has 0 fully saturated rings. The highest BCUT2D eigenvalue weighted by atomic mass is 16.6. The van der Waals surface area contributed by atoms with Crippen LogP contribution in [0, 0.1) is 5.92 Å². The minimum absolute atomic E-state index is 0.290. The van der Waals surface area contributed by atoms with Crippen molar-refractivity contribution in [3.8, 4) is 0 Å². The zero-order chi connectivity index (χ0) is 20.5. The molecule has 1 atom stereocenters. The van der Waals surface area contributed by atoms with Crippen LogP contribution in [0.3, 0.4) is 0 Å². The Morgan fingerprint density at radius 2 is 2.07 bits per heavy atom. The summed E-state index contributed by atoms with van der Waals surface area (Å²) in [6.07, 6.45) is 4.87. The van der Waals surface area contributed by atoms with Gasteiger partial charge in [-0.2, -0.15) is 5.10 Å². The molecule has 1 amide bonds. The predicted molar refractivity (Wildman–Crippen MR) is 113 cm³/mol. The normalized spacial score (nSPS) is 17.9. The molecule has 2 heterocycles. The van der Waals surface area contributed by atoms with E-state index in [0.29, 0.717) is 12.5 Å². The summed E-state index contributed by atoms with van der Waals surface area (Å²) in [4.78, 5) is 16.7. The average molecular weight is 385 g/mol. The molecule has 28 heavy (non-hydrogen) atoms. The Kier molecular flexibility index (Phi) is 5.79. The van der Waals surface area contributed by atoms with E-state index >= 15 is 0 Å². The van der Waals surface area contributed by atoms with Gasteiger partial charge >= 0.3 is 6.09 Å². The summed E-state index contributed by atoms with van der Waals surface area (Å²) in [6, 6.07) is 6.22. The highest BCUT2D eigenvalue weighted by Crippen LogP contribution is 2.30. The Hall–Kier alpha value is -2.34. The fraction of sp³-hybridized carbons (Fsp3) is 0.545. The molecule has 1 aliphatic rings. The summed E-state index contributed by atoms with van der Waals surface area (Å²) in [7, 11) is 4.12. The molecule has 6 nitrogen and oxygen atoms in total. The molecular formula is C22H32N4O2. The molecule has 0 unspecified atom stereocenters. The summed E-state index contributed by atoms with van der Waals surface area (Å²) < 4.78 is 7.63. The summed E-state index contributed by atoms with van der Waals surface area (Å²) in [6.45, 7) is 10.3. The van der Waals surface area contributed by atoms with Crippen LogP contribution in [-0.2, 0) is 11.3 Å². The lowest BCUT2D eigenvalue weighted by Gasteiger charge is -2.33. The van der Waals surface area contributed by atoms with Gasteiger partial charge in [0.25, 0.3) is 0 Å². The number of carbonyl (C=O) groups is 1. The zero-order valence-electron chi connectivity index (χ0n) is 17.9. The van der Waals surface area contributed by atoms with Gasteiger partial charge < -0.3 is 9.64 Å². The summed E-state index contributed by atoms with van der Waals surface area (Å²) in [5, 5.41) is 5.82. The lowest BCUT2D eigenvalue weighted by Crippen LogP contribution is -2.39. The first-order chi connectivity index (χ1) is 13.1. The second-order valence-electron chi connectivity index (χ2n) is 8.99. The first kappa shape index (κ1) is 20.4. The molecule has 0 saturated heterocycles. The summed E-state index contributed by atoms with van der Waals surface area (Å²) >= 11 is 0. The van der Waals surface area contributed by atoms with Gasteiger partial charge in [0, 0.05) is 30.2 Å². The van der Waals surface area contributed by atoms with E-state index in [4.69, 9.17) is 9.84 Å². The number of hydrogen-bond donors (Lipinski definition) is 0. The number of likely N-dealkylation sites (N-methyl/N-ethyl adjacent to an activating group) is 1. The van der Waals surface area contributed by atoms with Crippen molar-refractivity contribution in [1.82, 2.24) is 19.6 Å². The van der Waals surface area contributed by atoms with Gasteiger partial charge in [0.1, 0.15) is 5.60 Å². The molecule has 0 spiro atoms. The van der Waals surface area contributed by atoms with Crippen molar-refractivity contribution in [2.75, 3.05) is 27.2 Å². The number of rotatable bonds is 4. The van der Waals surface area contributed by atoms with E-state index in [1.165, 1.54) is 0 Å². The third kappa shape index (κ3) is 4.93. The van der Waals surface area contributed by atoms with Gasteiger partial charge in [0.05, 0.1) is 17.8 Å². The molecule has 6 heteroatoms. The van der Waals surface area contributed by atoms with Gasteiger partial charge in [0.2, 0.25) is 0 Å². The quantitative estimate of drug-likeness (QED) is 0.792. The van der Waals surface area contributed by atoms with Gasteiger partial charge in [-0.15, -0.1) is 0 Å². The van der Waals surface area contributed by atoms with Crippen LogP contribution in [0.15, 0.2) is 30.5 Å². The molecule has 0 saturated carbocycles. The molecule has 2 aromatic rings. The predicted octanol–water partition coefficient (Wildman–Crippen LogP) is 4.22. The van der Waals surface area contributed by atoms with Crippen molar-refractivity contribution in [2.45, 2.75) is 46.3 Å². The van der Waals surface area contributed by atoms with E-state index in [-0.39, 0.29) is 6.09 Å². The first-order valence-corrected chi connectivity index (χ1v) is 9.95. The van der Waals surface area contributed by atoms with E-state index in [1.54, 1.807) is 4.90 Å². The fourth-order valence-electron chi connectivity index (χ4n) is 3.31. The van der Waals surface area contributed by atoms with Crippen molar-refractivity contribution >= 4 is 22.7 Å². The highest BCUT2D eigenvalue weighted by Gasteiger charge is 2.29. The van der Waals surface area contributed by atoms with Crippen molar-refractivity contribution in [1.29, 1.82) is 0 Å². The molecule has 0 aliphatic carbocycles. The first-order valence-electron chi connectivity index (χ1n) is 9.95. The smallest absolute Gasteiger partial charge is 0.414 e. The number of benzene rings is 1. The number of nitrogens with zero attached hydrogens (tertiary/aromatic N) is 4. The van der Waals surface area contributed by atoms with Gasteiger partial charge in [-0.25, -0.2) is 4.79 Å². The fourth-order valence-corrected chi connectivity index (χ4v) is 3.31. The summed E-state index contributed by atoms with van der Waals surface area (Å²) in [5.74, 6) is 0.408. The van der Waals surface area contributed by atoms with E-state index in [9.17, 15) is 4.79 Å². The molecule has 0 radical (unpaired) electrons. The minimum Gasteiger partial charge on any atom is -0.443 e. The molecule has 0 bridgehead atoms. The highest BCUT2D eigenvalue weighted by molar-refractivity contribution is 5.87. The number of allylic oxidation sites excluding steroid dienone is 1. The number of amides is 1. The maximum atomic E-state index is 12.8. The van der Waals surface area contributed by atoms with E-state index < -0.39 is 5.60 Å². The SMILES string of the molecule is C[C@H]1CC=C(c2ccc3cn(CCN(C)C)nc3c2)N(C(=O)OC(C)(C)C)C1. The Bertz CT molecular complexity index is 876. The Morgan fingerprint density at radius 1 is 1.32 bits per heavy atom. The molecule has 1 aromatic heterocycles. The average Bonchev–Trinajstić information content (AvgIpc) is 3.00. The summed E-state index contributed by atoms with van der Waals surface area (Å²) in [5.41, 5.74) is 2.35. The maximum absolute atomic E-state index is 12.8. The molecule has 3 rings (SSSR count). The van der Waals surface area contributed by atoms with Gasteiger partial charge in [-0.1, -0.05) is 25.1 Å². The third-order valence-corrected chi connectivity index (χ3v) is 4.74.